The number of carbonyl (C=O) groups excluding carboxylic acids is 2. The summed E-state index contributed by atoms with van der Waals surface area (Å²) < 4.78 is 0. The topological polar surface area (TPSA) is 66.6 Å². The van der Waals surface area contributed by atoms with Gasteiger partial charge < -0.3 is 15.5 Å². The highest BCUT2D eigenvalue weighted by atomic mass is 35.5. The van der Waals surface area contributed by atoms with E-state index in [-0.39, 0.29) is 11.8 Å². The van der Waals surface area contributed by atoms with Gasteiger partial charge in [0.1, 0.15) is 0 Å². The maximum absolute atomic E-state index is 12.6. The van der Waals surface area contributed by atoms with E-state index in [1.54, 1.807) is 28.0 Å². The SMILES string of the molecule is CC(C)C[C@H](N)C(=O)N1CCN(C(=O)c2ccc(Cl)cc2Cl)CC1. The van der Waals surface area contributed by atoms with E-state index in [0.29, 0.717) is 54.1 Å². The van der Waals surface area contributed by atoms with Crippen molar-refractivity contribution in [2.75, 3.05) is 26.2 Å². The fourth-order valence-corrected chi connectivity index (χ4v) is 3.30. The summed E-state index contributed by atoms with van der Waals surface area (Å²) in [6.07, 6.45) is 0.665. The van der Waals surface area contributed by atoms with Gasteiger partial charge in [-0.05, 0) is 30.5 Å². The third-order valence-corrected chi connectivity index (χ3v) is 4.63. The van der Waals surface area contributed by atoms with E-state index >= 15 is 0 Å². The molecule has 1 aliphatic rings. The smallest absolute Gasteiger partial charge is 0.255 e. The number of benzene rings is 1. The molecule has 0 radical (unpaired) electrons. The highest BCUT2D eigenvalue weighted by Crippen LogP contribution is 2.23. The number of hydrogen-bond donors (Lipinski definition) is 1. The van der Waals surface area contributed by atoms with Gasteiger partial charge in [-0.25, -0.2) is 0 Å². The molecule has 0 unspecified atom stereocenters. The normalized spacial score (nSPS) is 16.4. The van der Waals surface area contributed by atoms with Crippen LogP contribution in [0, 0.1) is 5.92 Å². The second kappa shape index (κ2) is 8.19. The van der Waals surface area contributed by atoms with Gasteiger partial charge in [0, 0.05) is 31.2 Å². The first-order valence-corrected chi connectivity index (χ1v) is 8.84. The Bertz CT molecular complexity index is 614. The number of carbonyl (C=O) groups is 2. The molecule has 0 aliphatic carbocycles. The zero-order valence-corrected chi connectivity index (χ0v) is 15.5. The van der Waals surface area contributed by atoms with Crippen LogP contribution in [0.15, 0.2) is 18.2 Å². The fourth-order valence-electron chi connectivity index (χ4n) is 2.81. The summed E-state index contributed by atoms with van der Waals surface area (Å²) in [5.74, 6) is 0.189. The van der Waals surface area contributed by atoms with E-state index in [4.69, 9.17) is 28.9 Å². The molecule has 1 aromatic rings. The van der Waals surface area contributed by atoms with Crippen LogP contribution in [0.5, 0.6) is 0 Å². The first-order chi connectivity index (χ1) is 11.3. The first-order valence-electron chi connectivity index (χ1n) is 8.08. The van der Waals surface area contributed by atoms with Crippen molar-refractivity contribution in [3.63, 3.8) is 0 Å². The van der Waals surface area contributed by atoms with Crippen LogP contribution in [0.4, 0.5) is 0 Å². The number of piperazine rings is 1. The zero-order chi connectivity index (χ0) is 17.9. The predicted molar refractivity (Wildman–Crippen MR) is 96.4 cm³/mol. The summed E-state index contributed by atoms with van der Waals surface area (Å²) in [6.45, 7) is 6.00. The van der Waals surface area contributed by atoms with Gasteiger partial charge in [0.25, 0.3) is 5.91 Å². The van der Waals surface area contributed by atoms with Crippen molar-refractivity contribution in [2.24, 2.45) is 11.7 Å². The largest absolute Gasteiger partial charge is 0.338 e. The van der Waals surface area contributed by atoms with Gasteiger partial charge in [-0.15, -0.1) is 0 Å². The molecule has 24 heavy (non-hydrogen) atoms. The van der Waals surface area contributed by atoms with Crippen molar-refractivity contribution in [2.45, 2.75) is 26.3 Å². The minimum Gasteiger partial charge on any atom is -0.338 e. The molecular weight excluding hydrogens is 349 g/mol. The van der Waals surface area contributed by atoms with Crippen LogP contribution < -0.4 is 5.73 Å². The molecule has 2 rings (SSSR count). The minimum atomic E-state index is -0.474. The van der Waals surface area contributed by atoms with E-state index in [9.17, 15) is 9.59 Å². The van der Waals surface area contributed by atoms with Crippen LogP contribution in [-0.4, -0.2) is 53.8 Å². The third-order valence-electron chi connectivity index (χ3n) is 4.08. The van der Waals surface area contributed by atoms with E-state index in [0.717, 1.165) is 0 Å². The average Bonchev–Trinajstić information content (AvgIpc) is 2.53. The molecule has 1 saturated heterocycles. The summed E-state index contributed by atoms with van der Waals surface area (Å²) in [5, 5.41) is 0.830. The monoisotopic (exact) mass is 371 g/mol. The van der Waals surface area contributed by atoms with Crippen molar-refractivity contribution in [3.8, 4) is 0 Å². The Morgan fingerprint density at radius 2 is 1.71 bits per heavy atom. The molecule has 7 heteroatoms. The Labute approximate surface area is 152 Å². The lowest BCUT2D eigenvalue weighted by atomic mass is 10.0. The summed E-state index contributed by atoms with van der Waals surface area (Å²) in [5.41, 5.74) is 6.39. The van der Waals surface area contributed by atoms with Gasteiger partial charge in [0.05, 0.1) is 16.6 Å². The Morgan fingerprint density at radius 1 is 1.12 bits per heavy atom. The van der Waals surface area contributed by atoms with Crippen LogP contribution in [0.2, 0.25) is 10.0 Å². The number of nitrogens with two attached hydrogens (primary N) is 1. The molecule has 0 spiro atoms. The molecule has 2 N–H and O–H groups in total. The number of halogens is 2. The highest BCUT2D eigenvalue weighted by Gasteiger charge is 2.28. The molecule has 0 saturated carbocycles. The molecular formula is C17H23Cl2N3O2. The third kappa shape index (κ3) is 4.62. The van der Waals surface area contributed by atoms with Crippen LogP contribution >= 0.6 is 23.2 Å². The lowest BCUT2D eigenvalue weighted by molar-refractivity contribution is -0.134. The molecule has 0 bridgehead atoms. The molecule has 5 nitrogen and oxygen atoms in total. The molecule has 2 amide bonds. The predicted octanol–water partition coefficient (Wildman–Crippen LogP) is 2.65. The number of rotatable bonds is 4. The van der Waals surface area contributed by atoms with Crippen LogP contribution in [0.3, 0.4) is 0 Å². The van der Waals surface area contributed by atoms with E-state index < -0.39 is 6.04 Å². The lowest BCUT2D eigenvalue weighted by Crippen LogP contribution is -2.54. The Morgan fingerprint density at radius 3 is 2.25 bits per heavy atom. The molecule has 1 heterocycles. The maximum Gasteiger partial charge on any atom is 0.255 e. The number of amides is 2. The summed E-state index contributed by atoms with van der Waals surface area (Å²) >= 11 is 12.0. The molecule has 0 aromatic heterocycles. The molecule has 1 fully saturated rings. The van der Waals surface area contributed by atoms with Gasteiger partial charge >= 0.3 is 0 Å². The Hall–Kier alpha value is -1.30. The molecule has 132 valence electrons. The van der Waals surface area contributed by atoms with Gasteiger partial charge in [0.2, 0.25) is 5.91 Å². The number of hydrogen-bond acceptors (Lipinski definition) is 3. The van der Waals surface area contributed by atoms with Crippen molar-refractivity contribution in [3.05, 3.63) is 33.8 Å². The average molecular weight is 372 g/mol. The first kappa shape index (κ1) is 19.0. The van der Waals surface area contributed by atoms with Gasteiger partial charge in [0.15, 0.2) is 0 Å². The van der Waals surface area contributed by atoms with E-state index in [2.05, 4.69) is 0 Å². The zero-order valence-electron chi connectivity index (χ0n) is 14.0. The van der Waals surface area contributed by atoms with E-state index in [1.807, 2.05) is 13.8 Å². The minimum absolute atomic E-state index is 0.0414. The second-order valence-corrected chi connectivity index (χ2v) is 7.32. The van der Waals surface area contributed by atoms with Crippen molar-refractivity contribution >= 4 is 35.0 Å². The van der Waals surface area contributed by atoms with Crippen molar-refractivity contribution in [1.29, 1.82) is 0 Å². The Kier molecular flexibility index (Phi) is 6.49. The highest BCUT2D eigenvalue weighted by molar-refractivity contribution is 6.36. The quantitative estimate of drug-likeness (QED) is 0.884. The summed E-state index contributed by atoms with van der Waals surface area (Å²) in [4.78, 5) is 28.3. The van der Waals surface area contributed by atoms with Crippen molar-refractivity contribution < 1.29 is 9.59 Å². The van der Waals surface area contributed by atoms with Gasteiger partial charge in [-0.3, -0.25) is 9.59 Å². The van der Waals surface area contributed by atoms with Gasteiger partial charge in [-0.1, -0.05) is 37.0 Å². The Balaban J connectivity index is 1.94. The molecule has 1 aromatic carbocycles. The molecule has 1 aliphatic heterocycles. The van der Waals surface area contributed by atoms with Crippen LogP contribution in [-0.2, 0) is 4.79 Å². The van der Waals surface area contributed by atoms with Crippen LogP contribution in [0.25, 0.3) is 0 Å². The standard InChI is InChI=1S/C17H23Cl2N3O2/c1-11(2)9-15(20)17(24)22-7-5-21(6-8-22)16(23)13-4-3-12(18)10-14(13)19/h3-4,10-11,15H,5-9,20H2,1-2H3/t15-/m0/s1. The summed E-state index contributed by atoms with van der Waals surface area (Å²) in [7, 11) is 0. The van der Waals surface area contributed by atoms with E-state index in [1.165, 1.54) is 0 Å². The lowest BCUT2D eigenvalue weighted by Gasteiger charge is -2.36. The van der Waals surface area contributed by atoms with Crippen molar-refractivity contribution in [1.82, 2.24) is 9.80 Å². The van der Waals surface area contributed by atoms with Crippen LogP contribution in [0.1, 0.15) is 30.6 Å². The van der Waals surface area contributed by atoms with Gasteiger partial charge in [-0.2, -0.15) is 0 Å². The molecule has 1 atom stereocenters. The second-order valence-electron chi connectivity index (χ2n) is 6.48. The summed E-state index contributed by atoms with van der Waals surface area (Å²) in [6, 6.07) is 4.35. The fraction of sp³-hybridized carbons (Fsp3) is 0.529. The number of nitrogens with zero attached hydrogens (tertiary/aromatic N) is 2. The maximum atomic E-state index is 12.6.